The minimum atomic E-state index is -0.320. The summed E-state index contributed by atoms with van der Waals surface area (Å²) in [6.45, 7) is 0. The fourth-order valence-corrected chi connectivity index (χ4v) is 1.28. The lowest BCUT2D eigenvalue weighted by Gasteiger charge is -2.04. The molecule has 0 atom stereocenters. The van der Waals surface area contributed by atoms with Crippen molar-refractivity contribution in [2.24, 2.45) is 0 Å². The Kier molecular flexibility index (Phi) is 3.64. The van der Waals surface area contributed by atoms with Crippen LogP contribution in [-0.2, 0) is 12.8 Å². The van der Waals surface area contributed by atoms with Gasteiger partial charge in [-0.3, -0.25) is 0 Å². The van der Waals surface area contributed by atoms with Crippen molar-refractivity contribution in [3.8, 4) is 12.1 Å². The van der Waals surface area contributed by atoms with E-state index in [4.69, 9.17) is 10.5 Å². The van der Waals surface area contributed by atoms with Gasteiger partial charge in [-0.2, -0.15) is 10.5 Å². The highest BCUT2D eigenvalue weighted by molar-refractivity contribution is 5.30. The molecule has 1 aromatic rings. The number of aryl methyl sites for hydroxylation is 1. The first kappa shape index (κ1) is 10.2. The first-order valence-corrected chi connectivity index (χ1v) is 4.29. The molecule has 0 fully saturated rings. The molecule has 3 heteroatoms. The second kappa shape index (κ2) is 4.99. The van der Waals surface area contributed by atoms with Gasteiger partial charge in [0.1, 0.15) is 5.82 Å². The molecule has 0 heterocycles. The summed E-state index contributed by atoms with van der Waals surface area (Å²) in [6, 6.07) is 8.35. The van der Waals surface area contributed by atoms with E-state index in [2.05, 4.69) is 0 Å². The van der Waals surface area contributed by atoms with E-state index >= 15 is 0 Å². The monoisotopic (exact) mass is 188 g/mol. The van der Waals surface area contributed by atoms with Gasteiger partial charge < -0.3 is 0 Å². The molecule has 1 aromatic carbocycles. The number of hydrogen-bond acceptors (Lipinski definition) is 2. The number of nitrogens with zero attached hydrogens (tertiary/aromatic N) is 2. The Morgan fingerprint density at radius 2 is 1.93 bits per heavy atom. The lowest BCUT2D eigenvalue weighted by atomic mass is 10.0. The highest BCUT2D eigenvalue weighted by Gasteiger charge is 2.03. The van der Waals surface area contributed by atoms with E-state index in [9.17, 15) is 4.39 Å². The zero-order chi connectivity index (χ0) is 10.4. The fourth-order valence-electron chi connectivity index (χ4n) is 1.28. The molecule has 0 saturated carbocycles. The van der Waals surface area contributed by atoms with Gasteiger partial charge in [0.25, 0.3) is 0 Å². The van der Waals surface area contributed by atoms with E-state index in [1.807, 2.05) is 12.1 Å². The molecule has 0 unspecified atom stereocenters. The van der Waals surface area contributed by atoms with Crippen LogP contribution in [0.5, 0.6) is 0 Å². The standard InChI is InChI=1S/C11H9FN2/c12-11-4-3-9(5-7-14)10(8-11)2-1-6-13/h3-4,8H,1-2,5H2. The van der Waals surface area contributed by atoms with Crippen LogP contribution >= 0.6 is 0 Å². The van der Waals surface area contributed by atoms with E-state index in [1.165, 1.54) is 12.1 Å². The van der Waals surface area contributed by atoms with Crippen LogP contribution in [0.4, 0.5) is 4.39 Å². The average molecular weight is 188 g/mol. The van der Waals surface area contributed by atoms with Crippen molar-refractivity contribution in [2.45, 2.75) is 19.3 Å². The van der Waals surface area contributed by atoms with E-state index in [1.54, 1.807) is 6.07 Å². The van der Waals surface area contributed by atoms with Gasteiger partial charge in [0.2, 0.25) is 0 Å². The third-order valence-corrected chi connectivity index (χ3v) is 1.94. The van der Waals surface area contributed by atoms with Crippen molar-refractivity contribution in [2.75, 3.05) is 0 Å². The minimum absolute atomic E-state index is 0.265. The molecule has 0 saturated heterocycles. The summed E-state index contributed by atoms with van der Waals surface area (Å²) < 4.78 is 12.8. The lowest BCUT2D eigenvalue weighted by Crippen LogP contribution is -1.94. The van der Waals surface area contributed by atoms with Crippen molar-refractivity contribution in [1.29, 1.82) is 10.5 Å². The first-order valence-electron chi connectivity index (χ1n) is 4.29. The number of hydrogen-bond donors (Lipinski definition) is 0. The van der Waals surface area contributed by atoms with Gasteiger partial charge in [0.15, 0.2) is 0 Å². The molecule has 0 amide bonds. The molecule has 2 nitrogen and oxygen atoms in total. The molecule has 0 aromatic heterocycles. The average Bonchev–Trinajstić information content (AvgIpc) is 2.18. The molecule has 14 heavy (non-hydrogen) atoms. The minimum Gasteiger partial charge on any atom is -0.207 e. The Hall–Kier alpha value is -1.87. The van der Waals surface area contributed by atoms with Gasteiger partial charge >= 0.3 is 0 Å². The summed E-state index contributed by atoms with van der Waals surface area (Å²) in [7, 11) is 0. The van der Waals surface area contributed by atoms with Crippen LogP contribution in [-0.4, -0.2) is 0 Å². The Morgan fingerprint density at radius 1 is 1.14 bits per heavy atom. The van der Waals surface area contributed by atoms with Crippen LogP contribution in [0.1, 0.15) is 17.5 Å². The lowest BCUT2D eigenvalue weighted by molar-refractivity contribution is 0.624. The largest absolute Gasteiger partial charge is 0.207 e. The van der Waals surface area contributed by atoms with Crippen molar-refractivity contribution in [1.82, 2.24) is 0 Å². The van der Waals surface area contributed by atoms with Crippen LogP contribution < -0.4 is 0 Å². The highest BCUT2D eigenvalue weighted by Crippen LogP contribution is 2.13. The molecule has 0 aliphatic rings. The summed E-state index contributed by atoms with van der Waals surface area (Å²) in [5.41, 5.74) is 1.57. The third kappa shape index (κ3) is 2.57. The van der Waals surface area contributed by atoms with Crippen LogP contribution in [0, 0.1) is 28.5 Å². The quantitative estimate of drug-likeness (QED) is 0.730. The van der Waals surface area contributed by atoms with Gasteiger partial charge in [0.05, 0.1) is 18.6 Å². The molecule has 0 aliphatic carbocycles. The van der Waals surface area contributed by atoms with Crippen molar-refractivity contribution < 1.29 is 4.39 Å². The van der Waals surface area contributed by atoms with Crippen LogP contribution in [0.2, 0.25) is 0 Å². The maximum atomic E-state index is 12.8. The summed E-state index contributed by atoms with van der Waals surface area (Å²) in [4.78, 5) is 0. The highest BCUT2D eigenvalue weighted by atomic mass is 19.1. The molecule has 1 rings (SSSR count). The number of nitriles is 2. The van der Waals surface area contributed by atoms with E-state index in [0.29, 0.717) is 12.8 Å². The van der Waals surface area contributed by atoms with Crippen LogP contribution in [0.25, 0.3) is 0 Å². The van der Waals surface area contributed by atoms with Gasteiger partial charge in [-0.1, -0.05) is 6.07 Å². The zero-order valence-corrected chi connectivity index (χ0v) is 7.63. The van der Waals surface area contributed by atoms with E-state index in [-0.39, 0.29) is 12.2 Å². The van der Waals surface area contributed by atoms with E-state index in [0.717, 1.165) is 11.1 Å². The maximum absolute atomic E-state index is 12.8. The van der Waals surface area contributed by atoms with Crippen LogP contribution in [0.15, 0.2) is 18.2 Å². The van der Waals surface area contributed by atoms with Crippen molar-refractivity contribution >= 4 is 0 Å². The van der Waals surface area contributed by atoms with E-state index < -0.39 is 0 Å². The molecule has 0 N–H and O–H groups in total. The number of benzene rings is 1. The molecular weight excluding hydrogens is 179 g/mol. The Bertz CT molecular complexity index is 399. The normalized spacial score (nSPS) is 9.07. The second-order valence-electron chi connectivity index (χ2n) is 2.91. The Morgan fingerprint density at radius 3 is 2.57 bits per heavy atom. The third-order valence-electron chi connectivity index (χ3n) is 1.94. The number of rotatable bonds is 3. The predicted octanol–water partition coefficient (Wildman–Crippen LogP) is 2.35. The topological polar surface area (TPSA) is 47.6 Å². The summed E-state index contributed by atoms with van der Waals surface area (Å²) in [5, 5.41) is 16.9. The molecule has 0 aliphatic heterocycles. The molecule has 0 radical (unpaired) electrons. The van der Waals surface area contributed by atoms with Crippen molar-refractivity contribution in [3.05, 3.63) is 35.1 Å². The van der Waals surface area contributed by atoms with Gasteiger partial charge in [-0.25, -0.2) is 4.39 Å². The predicted molar refractivity (Wildman–Crippen MR) is 49.7 cm³/mol. The molecule has 0 spiro atoms. The zero-order valence-electron chi connectivity index (χ0n) is 7.63. The van der Waals surface area contributed by atoms with Crippen molar-refractivity contribution in [3.63, 3.8) is 0 Å². The van der Waals surface area contributed by atoms with Crippen LogP contribution in [0.3, 0.4) is 0 Å². The molecule has 70 valence electrons. The SMILES string of the molecule is N#CCCc1cc(F)ccc1CC#N. The summed E-state index contributed by atoms with van der Waals surface area (Å²) in [6.07, 6.45) is 1.12. The van der Waals surface area contributed by atoms with Gasteiger partial charge in [-0.15, -0.1) is 0 Å². The fraction of sp³-hybridized carbons (Fsp3) is 0.273. The van der Waals surface area contributed by atoms with Gasteiger partial charge in [0, 0.05) is 6.42 Å². The Labute approximate surface area is 82.2 Å². The van der Waals surface area contributed by atoms with Gasteiger partial charge in [-0.05, 0) is 29.7 Å². The first-order chi connectivity index (χ1) is 6.77. The molecular formula is C11H9FN2. The molecule has 0 bridgehead atoms. The number of halogens is 1. The summed E-state index contributed by atoms with van der Waals surface area (Å²) >= 11 is 0. The summed E-state index contributed by atoms with van der Waals surface area (Å²) in [5.74, 6) is -0.320. The Balaban J connectivity index is 2.93. The smallest absolute Gasteiger partial charge is 0.123 e. The second-order valence-corrected chi connectivity index (χ2v) is 2.91. The maximum Gasteiger partial charge on any atom is 0.123 e.